The molecule has 8 nitrogen and oxygen atoms in total. The third-order valence-corrected chi connectivity index (χ3v) is 10.2. The number of aromatic nitrogens is 2. The molecule has 4 heterocycles. The van der Waals surface area contributed by atoms with Gasteiger partial charge in [-0.05, 0) is 56.7 Å². The van der Waals surface area contributed by atoms with Crippen LogP contribution in [-0.4, -0.2) is 48.4 Å². The molecule has 1 saturated carbocycles. The van der Waals surface area contributed by atoms with E-state index in [1.165, 1.54) is 21.2 Å². The second-order valence-electron chi connectivity index (χ2n) is 9.31. The predicted molar refractivity (Wildman–Crippen MR) is 128 cm³/mol. The maximum atomic E-state index is 13.4. The molecule has 1 amide bonds. The summed E-state index contributed by atoms with van der Waals surface area (Å²) in [7, 11) is -3.66. The highest BCUT2D eigenvalue weighted by atomic mass is 32.2. The molecule has 3 aliphatic rings. The van der Waals surface area contributed by atoms with Crippen LogP contribution >= 0.6 is 11.3 Å². The molecular weight excluding hydrogens is 472 g/mol. The van der Waals surface area contributed by atoms with Crippen LogP contribution in [0.1, 0.15) is 47.9 Å². The van der Waals surface area contributed by atoms with Crippen molar-refractivity contribution in [1.29, 1.82) is 0 Å². The van der Waals surface area contributed by atoms with Crippen LogP contribution in [0.5, 0.6) is 0 Å². The van der Waals surface area contributed by atoms with Crippen molar-refractivity contribution in [3.05, 3.63) is 46.7 Å². The Balaban J connectivity index is 1.15. The van der Waals surface area contributed by atoms with Crippen molar-refractivity contribution in [1.82, 2.24) is 14.4 Å². The molecule has 2 aliphatic heterocycles. The lowest BCUT2D eigenvalue weighted by Crippen LogP contribution is -2.44. The average molecular weight is 499 g/mol. The Hall–Kier alpha value is -2.56. The van der Waals surface area contributed by atoms with E-state index >= 15 is 0 Å². The van der Waals surface area contributed by atoms with Gasteiger partial charge in [-0.15, -0.1) is 11.3 Å². The van der Waals surface area contributed by atoms with E-state index < -0.39 is 10.0 Å². The number of anilines is 1. The molecule has 0 atom stereocenters. The summed E-state index contributed by atoms with van der Waals surface area (Å²) in [5, 5.41) is 4.05. The van der Waals surface area contributed by atoms with Crippen molar-refractivity contribution in [3.63, 3.8) is 0 Å². The molecule has 2 aromatic heterocycles. The van der Waals surface area contributed by atoms with Crippen molar-refractivity contribution in [3.8, 4) is 10.7 Å². The van der Waals surface area contributed by atoms with Crippen LogP contribution in [0.4, 0.5) is 5.69 Å². The lowest BCUT2D eigenvalue weighted by molar-refractivity contribution is -0.123. The van der Waals surface area contributed by atoms with E-state index in [-0.39, 0.29) is 11.8 Å². The van der Waals surface area contributed by atoms with Gasteiger partial charge in [0.25, 0.3) is 0 Å². The van der Waals surface area contributed by atoms with E-state index in [9.17, 15) is 13.2 Å². The summed E-state index contributed by atoms with van der Waals surface area (Å²) in [5.74, 6) is 1.39. The van der Waals surface area contributed by atoms with Crippen LogP contribution in [0, 0.1) is 12.8 Å². The Kier molecular flexibility index (Phi) is 5.34. The van der Waals surface area contributed by atoms with Gasteiger partial charge >= 0.3 is 0 Å². The summed E-state index contributed by atoms with van der Waals surface area (Å²) in [6.07, 6.45) is 4.06. The summed E-state index contributed by atoms with van der Waals surface area (Å²) in [4.78, 5) is 21.2. The van der Waals surface area contributed by atoms with Gasteiger partial charge in [0.15, 0.2) is 0 Å². The summed E-state index contributed by atoms with van der Waals surface area (Å²) in [6, 6.07) is 9.68. The molecule has 1 aliphatic carbocycles. The summed E-state index contributed by atoms with van der Waals surface area (Å²) >= 11 is 1.37. The van der Waals surface area contributed by atoms with Gasteiger partial charge in [-0.25, -0.2) is 8.42 Å². The van der Waals surface area contributed by atoms with Crippen LogP contribution in [0.25, 0.3) is 10.7 Å². The minimum Gasteiger partial charge on any atom is -0.339 e. The van der Waals surface area contributed by atoms with Gasteiger partial charge in [-0.2, -0.15) is 9.29 Å². The van der Waals surface area contributed by atoms with Gasteiger partial charge < -0.3 is 9.42 Å². The zero-order chi connectivity index (χ0) is 23.4. The highest BCUT2D eigenvalue weighted by molar-refractivity contribution is 7.89. The fourth-order valence-corrected chi connectivity index (χ4v) is 7.89. The van der Waals surface area contributed by atoms with Crippen molar-refractivity contribution in [2.45, 2.75) is 49.8 Å². The normalized spacial score (nSPS) is 19.5. The van der Waals surface area contributed by atoms with Crippen molar-refractivity contribution in [2.75, 3.05) is 24.5 Å². The van der Waals surface area contributed by atoms with E-state index in [0.717, 1.165) is 24.9 Å². The van der Waals surface area contributed by atoms with E-state index in [0.29, 0.717) is 64.8 Å². The van der Waals surface area contributed by atoms with Crippen molar-refractivity contribution >= 4 is 33.0 Å². The number of piperidine rings is 1. The van der Waals surface area contributed by atoms with Crippen LogP contribution in [0.2, 0.25) is 0 Å². The minimum atomic E-state index is -3.66. The number of thiophene rings is 1. The van der Waals surface area contributed by atoms with Gasteiger partial charge in [0.2, 0.25) is 27.6 Å². The van der Waals surface area contributed by atoms with Crippen molar-refractivity contribution in [2.24, 2.45) is 5.92 Å². The maximum absolute atomic E-state index is 13.4. The predicted octanol–water partition coefficient (Wildman–Crippen LogP) is 3.97. The summed E-state index contributed by atoms with van der Waals surface area (Å²) in [6.45, 7) is 3.19. The largest absolute Gasteiger partial charge is 0.339 e. The number of fused-ring (bicyclic) bond motifs is 1. The number of aryl methyl sites for hydroxylation is 1. The first-order valence-electron chi connectivity index (χ1n) is 11.8. The number of hydrogen-bond donors (Lipinski definition) is 0. The third-order valence-electron chi connectivity index (χ3n) is 7.04. The monoisotopic (exact) mass is 498 g/mol. The Morgan fingerprint density at radius 3 is 2.65 bits per heavy atom. The Morgan fingerprint density at radius 1 is 1.12 bits per heavy atom. The molecule has 1 aromatic carbocycles. The summed E-state index contributed by atoms with van der Waals surface area (Å²) in [5.41, 5.74) is 2.20. The Morgan fingerprint density at radius 2 is 1.88 bits per heavy atom. The molecular formula is C24H26N4O4S2. The van der Waals surface area contributed by atoms with Crippen LogP contribution in [0.3, 0.4) is 0 Å². The van der Waals surface area contributed by atoms with E-state index in [1.807, 2.05) is 30.0 Å². The second kappa shape index (κ2) is 8.28. The third kappa shape index (κ3) is 3.77. The van der Waals surface area contributed by atoms with E-state index in [2.05, 4.69) is 16.2 Å². The molecule has 2 fully saturated rings. The Labute approximate surface area is 202 Å². The van der Waals surface area contributed by atoms with Crippen LogP contribution in [0.15, 0.2) is 39.8 Å². The molecule has 178 valence electrons. The fraction of sp³-hybridized carbons (Fsp3) is 0.458. The number of sulfonamides is 1. The highest BCUT2D eigenvalue weighted by Crippen LogP contribution is 2.41. The lowest BCUT2D eigenvalue weighted by atomic mass is 9.96. The summed E-state index contributed by atoms with van der Waals surface area (Å²) < 4.78 is 33.7. The number of amides is 1. The molecule has 0 spiro atoms. The topological polar surface area (TPSA) is 96.6 Å². The number of carbonyl (C=O) groups is 1. The standard InChI is InChI=1S/C24H26N4O4S2/c1-15-21(14-20(33-15)22-25-23(32-26-22)17-6-7-17)34(30,31)27-11-8-18(9-12-27)24(29)28-13-10-16-4-2-3-5-19(16)28/h2-5,14,17-18H,6-13H2,1H3. The van der Waals surface area contributed by atoms with Crippen molar-refractivity contribution < 1.29 is 17.7 Å². The molecule has 0 unspecified atom stereocenters. The molecule has 0 radical (unpaired) electrons. The molecule has 6 rings (SSSR count). The number of hydrogen-bond acceptors (Lipinski definition) is 7. The van der Waals surface area contributed by atoms with E-state index in [4.69, 9.17) is 4.52 Å². The first-order valence-corrected chi connectivity index (χ1v) is 14.0. The first-order chi connectivity index (χ1) is 16.4. The lowest BCUT2D eigenvalue weighted by Gasteiger charge is -2.32. The number of benzene rings is 1. The average Bonchev–Trinajstić information content (AvgIpc) is 3.24. The van der Waals surface area contributed by atoms with Gasteiger partial charge in [-0.3, -0.25) is 4.79 Å². The molecule has 0 bridgehead atoms. The zero-order valence-electron chi connectivity index (χ0n) is 18.9. The molecule has 1 saturated heterocycles. The molecule has 3 aromatic rings. The Bertz CT molecular complexity index is 1350. The smallest absolute Gasteiger partial charge is 0.244 e. The molecule has 0 N–H and O–H groups in total. The number of nitrogens with zero attached hydrogens (tertiary/aromatic N) is 4. The highest BCUT2D eigenvalue weighted by Gasteiger charge is 2.37. The van der Waals surface area contributed by atoms with Gasteiger partial charge in [0, 0.05) is 42.0 Å². The van der Waals surface area contributed by atoms with Crippen LogP contribution in [-0.2, 0) is 21.2 Å². The number of rotatable bonds is 5. The van der Waals surface area contributed by atoms with Gasteiger partial charge in [0.1, 0.15) is 0 Å². The SMILES string of the molecule is Cc1sc(-c2noc(C3CC3)n2)cc1S(=O)(=O)N1CCC(C(=O)N2CCc3ccccc32)CC1. The number of para-hydroxylation sites is 1. The molecule has 34 heavy (non-hydrogen) atoms. The van der Waals surface area contributed by atoms with Gasteiger partial charge in [0.05, 0.1) is 9.77 Å². The first kappa shape index (κ1) is 21.9. The quantitative estimate of drug-likeness (QED) is 0.528. The zero-order valence-corrected chi connectivity index (χ0v) is 20.6. The fourth-order valence-electron chi connectivity index (χ4n) is 4.93. The van der Waals surface area contributed by atoms with Gasteiger partial charge in [-0.1, -0.05) is 23.4 Å². The second-order valence-corrected chi connectivity index (χ2v) is 12.5. The van der Waals surface area contributed by atoms with E-state index in [1.54, 1.807) is 6.07 Å². The van der Waals surface area contributed by atoms with Crippen LogP contribution < -0.4 is 4.90 Å². The number of carbonyl (C=O) groups excluding carboxylic acids is 1. The maximum Gasteiger partial charge on any atom is 0.244 e. The molecule has 10 heteroatoms. The minimum absolute atomic E-state index is 0.111.